The molecule has 0 unspecified atom stereocenters. The lowest BCUT2D eigenvalue weighted by Crippen LogP contribution is -2.23. The Hall–Kier alpha value is -2.44. The average Bonchev–Trinajstić information content (AvgIpc) is 2.60. The summed E-state index contributed by atoms with van der Waals surface area (Å²) in [7, 11) is -3.57. The van der Waals surface area contributed by atoms with Gasteiger partial charge >= 0.3 is 0 Å². The van der Waals surface area contributed by atoms with E-state index in [4.69, 9.17) is 0 Å². The van der Waals surface area contributed by atoms with Crippen LogP contribution >= 0.6 is 0 Å². The average molecular weight is 358 g/mol. The number of rotatable bonds is 7. The molecule has 1 amide bonds. The summed E-state index contributed by atoms with van der Waals surface area (Å²) in [5.74, 6) is 0.164. The quantitative estimate of drug-likeness (QED) is 0.744. The zero-order chi connectivity index (χ0) is 18.4. The molecule has 2 rings (SSSR count). The van der Waals surface area contributed by atoms with E-state index in [1.807, 2.05) is 12.1 Å². The molecule has 2 N–H and O–H groups in total. The van der Waals surface area contributed by atoms with Gasteiger partial charge in [0.05, 0.1) is 4.90 Å². The third-order valence-electron chi connectivity index (χ3n) is 3.68. The van der Waals surface area contributed by atoms with Crippen LogP contribution in [0.1, 0.15) is 35.7 Å². The Morgan fingerprint density at radius 2 is 1.68 bits per heavy atom. The van der Waals surface area contributed by atoms with Gasteiger partial charge in [0.2, 0.25) is 10.0 Å². The van der Waals surface area contributed by atoms with Crippen LogP contribution in [-0.2, 0) is 10.0 Å². The maximum Gasteiger partial charge on any atom is 0.255 e. The molecule has 0 atom stereocenters. The molecule has 2 aromatic carbocycles. The van der Waals surface area contributed by atoms with Gasteiger partial charge in [-0.2, -0.15) is 0 Å². The fourth-order valence-electron chi connectivity index (χ4n) is 2.19. The standard InChI is InChI=1S/C19H22N2O3S/c1-4-13-20-25(23,24)18-11-9-17(10-12-18)21-19(22)16-7-5-15(6-8-16)14(2)3/h4-12,14,20H,1,13H2,2-3H3,(H,21,22). The van der Waals surface area contributed by atoms with E-state index in [0.29, 0.717) is 17.2 Å². The second kappa shape index (κ2) is 8.09. The molecule has 0 aliphatic rings. The summed E-state index contributed by atoms with van der Waals surface area (Å²) < 4.78 is 26.4. The van der Waals surface area contributed by atoms with Gasteiger partial charge in [0.15, 0.2) is 0 Å². The molecule has 5 nitrogen and oxygen atoms in total. The number of amides is 1. The van der Waals surface area contributed by atoms with Gasteiger partial charge in [0.25, 0.3) is 5.91 Å². The van der Waals surface area contributed by atoms with E-state index in [1.165, 1.54) is 18.2 Å². The zero-order valence-electron chi connectivity index (χ0n) is 14.3. The molecule has 0 spiro atoms. The van der Waals surface area contributed by atoms with E-state index in [1.54, 1.807) is 24.3 Å². The minimum absolute atomic E-state index is 0.133. The van der Waals surface area contributed by atoms with Crippen LogP contribution < -0.4 is 10.0 Å². The van der Waals surface area contributed by atoms with Crippen LogP contribution in [0, 0.1) is 0 Å². The third-order valence-corrected chi connectivity index (χ3v) is 5.12. The highest BCUT2D eigenvalue weighted by atomic mass is 32.2. The van der Waals surface area contributed by atoms with E-state index in [0.717, 1.165) is 5.56 Å². The second-order valence-electron chi connectivity index (χ2n) is 5.90. The van der Waals surface area contributed by atoms with Gasteiger partial charge in [0, 0.05) is 17.8 Å². The van der Waals surface area contributed by atoms with E-state index in [-0.39, 0.29) is 17.3 Å². The Bertz CT molecular complexity index is 839. The van der Waals surface area contributed by atoms with Gasteiger partial charge in [-0.3, -0.25) is 4.79 Å². The summed E-state index contributed by atoms with van der Waals surface area (Å²) in [6.45, 7) is 7.82. The fourth-order valence-corrected chi connectivity index (χ4v) is 3.19. The summed E-state index contributed by atoms with van der Waals surface area (Å²) >= 11 is 0. The Labute approximate surface area is 148 Å². The molecular formula is C19H22N2O3S. The van der Waals surface area contributed by atoms with Crippen LogP contribution in [0.5, 0.6) is 0 Å². The molecule has 0 radical (unpaired) electrons. The molecule has 2 aromatic rings. The van der Waals surface area contributed by atoms with Gasteiger partial charge in [-0.15, -0.1) is 6.58 Å². The van der Waals surface area contributed by atoms with Gasteiger partial charge in [-0.1, -0.05) is 32.1 Å². The smallest absolute Gasteiger partial charge is 0.255 e. The highest BCUT2D eigenvalue weighted by Crippen LogP contribution is 2.17. The first-order chi connectivity index (χ1) is 11.8. The maximum atomic E-state index is 12.3. The highest BCUT2D eigenvalue weighted by Gasteiger charge is 2.13. The van der Waals surface area contributed by atoms with Crippen molar-refractivity contribution in [3.63, 3.8) is 0 Å². The molecule has 0 aromatic heterocycles. The summed E-state index contributed by atoms with van der Waals surface area (Å²) in [5.41, 5.74) is 2.24. The van der Waals surface area contributed by atoms with Crippen LogP contribution in [0.15, 0.2) is 66.1 Å². The lowest BCUT2D eigenvalue weighted by atomic mass is 10.0. The van der Waals surface area contributed by atoms with Crippen molar-refractivity contribution in [2.24, 2.45) is 0 Å². The third kappa shape index (κ3) is 5.01. The number of nitrogens with one attached hydrogen (secondary N) is 2. The molecule has 0 heterocycles. The number of hydrogen-bond donors (Lipinski definition) is 2. The van der Waals surface area contributed by atoms with Crippen molar-refractivity contribution in [2.45, 2.75) is 24.7 Å². The van der Waals surface area contributed by atoms with E-state index in [2.05, 4.69) is 30.5 Å². The van der Waals surface area contributed by atoms with Gasteiger partial charge < -0.3 is 5.32 Å². The van der Waals surface area contributed by atoms with Gasteiger partial charge in [-0.25, -0.2) is 13.1 Å². The zero-order valence-corrected chi connectivity index (χ0v) is 15.1. The van der Waals surface area contributed by atoms with Crippen LogP contribution in [0.2, 0.25) is 0 Å². The summed E-state index contributed by atoms with van der Waals surface area (Å²) in [4.78, 5) is 12.4. The summed E-state index contributed by atoms with van der Waals surface area (Å²) in [6, 6.07) is 13.4. The van der Waals surface area contributed by atoms with Crippen molar-refractivity contribution in [3.05, 3.63) is 72.3 Å². The molecular weight excluding hydrogens is 336 g/mol. The number of sulfonamides is 1. The fraction of sp³-hybridized carbons (Fsp3) is 0.211. The van der Waals surface area contributed by atoms with Crippen molar-refractivity contribution in [1.82, 2.24) is 4.72 Å². The number of carbonyl (C=O) groups excluding carboxylic acids is 1. The topological polar surface area (TPSA) is 75.3 Å². The van der Waals surface area contributed by atoms with Crippen LogP contribution in [0.3, 0.4) is 0 Å². The molecule has 6 heteroatoms. The first kappa shape index (κ1) is 18.9. The number of anilines is 1. The predicted molar refractivity (Wildman–Crippen MR) is 100 cm³/mol. The minimum Gasteiger partial charge on any atom is -0.322 e. The number of hydrogen-bond acceptors (Lipinski definition) is 3. The molecule has 25 heavy (non-hydrogen) atoms. The van der Waals surface area contributed by atoms with Crippen LogP contribution in [0.25, 0.3) is 0 Å². The largest absolute Gasteiger partial charge is 0.322 e. The SMILES string of the molecule is C=CCNS(=O)(=O)c1ccc(NC(=O)c2ccc(C(C)C)cc2)cc1. The monoisotopic (exact) mass is 358 g/mol. The summed E-state index contributed by atoms with van der Waals surface area (Å²) in [6.07, 6.45) is 1.47. The van der Waals surface area contributed by atoms with E-state index in [9.17, 15) is 13.2 Å². The van der Waals surface area contributed by atoms with E-state index >= 15 is 0 Å². The minimum atomic E-state index is -3.57. The van der Waals surface area contributed by atoms with Crippen LogP contribution in [0.4, 0.5) is 5.69 Å². The Balaban J connectivity index is 2.07. The summed E-state index contributed by atoms with van der Waals surface area (Å²) in [5, 5.41) is 2.76. The highest BCUT2D eigenvalue weighted by molar-refractivity contribution is 7.89. The van der Waals surface area contributed by atoms with Gasteiger partial charge in [0.1, 0.15) is 0 Å². The van der Waals surface area contributed by atoms with Crippen LogP contribution in [-0.4, -0.2) is 20.9 Å². The predicted octanol–water partition coefficient (Wildman–Crippen LogP) is 3.53. The lowest BCUT2D eigenvalue weighted by Gasteiger charge is -2.09. The van der Waals surface area contributed by atoms with E-state index < -0.39 is 10.0 Å². The molecule has 0 saturated carbocycles. The maximum absolute atomic E-state index is 12.3. The molecule has 0 aliphatic carbocycles. The first-order valence-corrected chi connectivity index (χ1v) is 9.44. The molecule has 132 valence electrons. The number of benzene rings is 2. The van der Waals surface area contributed by atoms with Crippen molar-refractivity contribution in [2.75, 3.05) is 11.9 Å². The molecule has 0 fully saturated rings. The van der Waals surface area contributed by atoms with Gasteiger partial charge in [-0.05, 0) is 47.9 Å². The Morgan fingerprint density at radius 3 is 2.20 bits per heavy atom. The number of carbonyl (C=O) groups is 1. The lowest BCUT2D eigenvalue weighted by molar-refractivity contribution is 0.102. The Kier molecular flexibility index (Phi) is 6.12. The van der Waals surface area contributed by atoms with Crippen molar-refractivity contribution in [1.29, 1.82) is 0 Å². The normalized spacial score (nSPS) is 11.3. The molecule has 0 saturated heterocycles. The first-order valence-electron chi connectivity index (χ1n) is 7.95. The molecule has 0 bridgehead atoms. The van der Waals surface area contributed by atoms with Crippen molar-refractivity contribution in [3.8, 4) is 0 Å². The second-order valence-corrected chi connectivity index (χ2v) is 7.66. The van der Waals surface area contributed by atoms with Crippen molar-refractivity contribution < 1.29 is 13.2 Å². The Morgan fingerprint density at radius 1 is 1.08 bits per heavy atom. The molecule has 0 aliphatic heterocycles. The van der Waals surface area contributed by atoms with Crippen molar-refractivity contribution >= 4 is 21.6 Å².